The number of Topliss-reactive ketones (excluding diaryl/α,β-unsaturated/α-hetero) is 2. The minimum atomic E-state index is -0.932. The van der Waals surface area contributed by atoms with Gasteiger partial charge in [0, 0.05) is 45.3 Å². The number of amides is 4. The quantitative estimate of drug-likeness (QED) is 0.0585. The molecule has 7 rings (SSSR count). The second-order valence-corrected chi connectivity index (χ2v) is 21.8. The van der Waals surface area contributed by atoms with Gasteiger partial charge in [-0.3, -0.25) is 33.7 Å². The number of primary amides is 1. The molecule has 0 unspecified atom stereocenters. The number of carbonyl (C=O) groups is 6. The Morgan fingerprint density at radius 3 is 2.31 bits per heavy atom. The Morgan fingerprint density at radius 1 is 0.917 bits per heavy atom. The van der Waals surface area contributed by atoms with Crippen molar-refractivity contribution < 1.29 is 43.3 Å². The molecule has 386 valence electrons. The Kier molecular flexibility index (Phi) is 18.3. The van der Waals surface area contributed by atoms with Crippen LogP contribution in [0.25, 0.3) is 10.4 Å². The van der Waals surface area contributed by atoms with E-state index < -0.39 is 53.4 Å². The fourth-order valence-corrected chi connectivity index (χ4v) is 11.0. The molecule has 4 amide bonds. The number of anilines is 1. The number of aliphatic hydroxyl groups is 1. The number of hydrogen-bond donors (Lipinski definition) is 4. The molecule has 3 aliphatic rings. The van der Waals surface area contributed by atoms with Crippen LogP contribution in [0.4, 0.5) is 5.69 Å². The van der Waals surface area contributed by atoms with E-state index in [0.29, 0.717) is 51.7 Å². The number of para-hydroxylation sites is 1. The SMILES string of the molecule is Cc1ncsc1-c1ccc(CCC(=O)[C@@H]2C[C@@H](O)CN2C(=O)[C@@H](NC(=O)COCCCCc2ccc(CO[C@H](C)[C@H](CCC(N)=O)CC(=O)[C@@H]3Cc4cccc5c4N3C(=O)[C@@H](N)CC5)cc2)C(C)(C)C)cc1. The summed E-state index contributed by atoms with van der Waals surface area (Å²) < 4.78 is 12.1. The maximum absolute atomic E-state index is 14.1. The molecule has 1 fully saturated rings. The van der Waals surface area contributed by atoms with Gasteiger partial charge in [-0.05, 0) is 104 Å². The average molecular weight is 1010 g/mol. The van der Waals surface area contributed by atoms with Crippen LogP contribution in [0.3, 0.4) is 0 Å². The zero-order valence-electron chi connectivity index (χ0n) is 42.4. The first kappa shape index (κ1) is 54.1. The molecule has 0 saturated carbocycles. The smallest absolute Gasteiger partial charge is 0.246 e. The van der Waals surface area contributed by atoms with Crippen LogP contribution in [-0.4, -0.2) is 106 Å². The Bertz CT molecular complexity index is 2560. The van der Waals surface area contributed by atoms with E-state index in [9.17, 15) is 33.9 Å². The third-order valence-electron chi connectivity index (χ3n) is 14.5. The Labute approximate surface area is 427 Å². The summed E-state index contributed by atoms with van der Waals surface area (Å²) >= 11 is 1.59. The van der Waals surface area contributed by atoms with E-state index >= 15 is 0 Å². The molecule has 15 nitrogen and oxygen atoms in total. The van der Waals surface area contributed by atoms with Crippen LogP contribution in [0.15, 0.2) is 72.2 Å². The van der Waals surface area contributed by atoms with Gasteiger partial charge in [0.15, 0.2) is 11.6 Å². The van der Waals surface area contributed by atoms with Crippen molar-refractivity contribution >= 4 is 52.2 Å². The first-order chi connectivity index (χ1) is 34.4. The summed E-state index contributed by atoms with van der Waals surface area (Å²) in [5.41, 5.74) is 20.9. The number of benzene rings is 3. The number of likely N-dealkylation sites (tertiary alicyclic amines) is 1. The third kappa shape index (κ3) is 13.7. The molecular formula is C56H72N6O9S. The topological polar surface area (TPSA) is 225 Å². The summed E-state index contributed by atoms with van der Waals surface area (Å²) in [6.45, 7) is 9.91. The Hall–Kier alpha value is -5.65. The van der Waals surface area contributed by atoms with Gasteiger partial charge in [0.05, 0.1) is 58.7 Å². The van der Waals surface area contributed by atoms with Gasteiger partial charge >= 0.3 is 0 Å². The van der Waals surface area contributed by atoms with Crippen LogP contribution in [0, 0.1) is 18.3 Å². The van der Waals surface area contributed by atoms with Crippen molar-refractivity contribution in [1.29, 1.82) is 0 Å². The van der Waals surface area contributed by atoms with Crippen molar-refractivity contribution in [2.24, 2.45) is 22.8 Å². The van der Waals surface area contributed by atoms with Gasteiger partial charge in [-0.1, -0.05) is 87.5 Å². The maximum Gasteiger partial charge on any atom is 0.246 e. The molecule has 1 saturated heterocycles. The second-order valence-electron chi connectivity index (χ2n) is 21.0. The van der Waals surface area contributed by atoms with Gasteiger partial charge in [0.2, 0.25) is 23.6 Å². The zero-order chi connectivity index (χ0) is 51.7. The van der Waals surface area contributed by atoms with Crippen LogP contribution >= 0.6 is 11.3 Å². The molecule has 7 atom stereocenters. The van der Waals surface area contributed by atoms with Crippen molar-refractivity contribution in [3.8, 4) is 10.4 Å². The summed E-state index contributed by atoms with van der Waals surface area (Å²) in [6, 6.07) is 19.1. The van der Waals surface area contributed by atoms with Gasteiger partial charge in [-0.25, -0.2) is 4.98 Å². The summed E-state index contributed by atoms with van der Waals surface area (Å²) in [7, 11) is 0. The maximum atomic E-state index is 14.1. The molecule has 0 aliphatic carbocycles. The number of ether oxygens (including phenoxy) is 2. The summed E-state index contributed by atoms with van der Waals surface area (Å²) in [4.78, 5) is 88.6. The molecule has 72 heavy (non-hydrogen) atoms. The highest BCUT2D eigenvalue weighted by Gasteiger charge is 2.45. The number of β-amino-alcohol motifs (C(OH)–C–C–N with tert-alkyl or cyclic N) is 1. The highest BCUT2D eigenvalue weighted by atomic mass is 32.1. The predicted molar refractivity (Wildman–Crippen MR) is 277 cm³/mol. The van der Waals surface area contributed by atoms with E-state index in [-0.39, 0.29) is 68.3 Å². The van der Waals surface area contributed by atoms with Crippen molar-refractivity contribution in [3.63, 3.8) is 0 Å². The molecule has 4 heterocycles. The monoisotopic (exact) mass is 1000 g/mol. The molecule has 0 bridgehead atoms. The largest absolute Gasteiger partial charge is 0.391 e. The van der Waals surface area contributed by atoms with E-state index in [1.165, 1.54) is 4.90 Å². The molecule has 0 spiro atoms. The number of aliphatic hydroxyl groups excluding tert-OH is 1. The first-order valence-electron chi connectivity index (χ1n) is 25.5. The van der Waals surface area contributed by atoms with Crippen molar-refractivity contribution in [3.05, 3.63) is 106 Å². The standard InChI is InChI=1S/C56H72N6O9S/c1-34-52(72-33-59-34)40-19-16-37(17-20-40)18-24-47(64)45-29-43(63)30-61(45)55(69)53(56(3,4)5)60-50(67)32-70-26-7-6-9-36-12-14-38(15-13-36)31-71-35(2)41(22-25-49(58)66)28-48(65)46-27-42-11-8-10-39-21-23-44(57)54(68)62(46)51(39)42/h8,10-17,19-20,33,35,41,43-46,53,63H,6-7,9,18,21-32,57H2,1-5H3,(H2,58,66)(H,60,67)/t35-,41-,43-,44+,45+,46+,53-/m1/s1. The lowest BCUT2D eigenvalue weighted by Crippen LogP contribution is -2.57. The fourth-order valence-electron chi connectivity index (χ4n) is 10.2. The molecule has 16 heteroatoms. The molecule has 4 aromatic rings. The van der Waals surface area contributed by atoms with E-state index in [4.69, 9.17) is 20.9 Å². The van der Waals surface area contributed by atoms with Crippen molar-refractivity contribution in [1.82, 2.24) is 15.2 Å². The van der Waals surface area contributed by atoms with Crippen LogP contribution in [0.1, 0.15) is 113 Å². The van der Waals surface area contributed by atoms with E-state index in [0.717, 1.165) is 62.5 Å². The number of ketones is 2. The van der Waals surface area contributed by atoms with Crippen LogP contribution in [-0.2, 0) is 70.5 Å². The van der Waals surface area contributed by atoms with Gasteiger partial charge in [0.1, 0.15) is 12.6 Å². The number of hydrogen-bond acceptors (Lipinski definition) is 12. The number of aromatic nitrogens is 1. The number of unbranched alkanes of at least 4 members (excludes halogenated alkanes) is 1. The van der Waals surface area contributed by atoms with Gasteiger partial charge in [0.25, 0.3) is 0 Å². The molecule has 3 aromatic carbocycles. The van der Waals surface area contributed by atoms with Gasteiger partial charge < -0.3 is 36.3 Å². The lowest BCUT2D eigenvalue weighted by molar-refractivity contribution is -0.144. The minimum Gasteiger partial charge on any atom is -0.391 e. The fraction of sp³-hybridized carbons (Fsp3) is 0.518. The molecule has 1 aromatic heterocycles. The number of nitrogens with zero attached hydrogens (tertiary/aromatic N) is 3. The number of rotatable bonds is 24. The third-order valence-corrected chi connectivity index (χ3v) is 15.4. The van der Waals surface area contributed by atoms with Crippen LogP contribution in [0.2, 0.25) is 0 Å². The van der Waals surface area contributed by atoms with Crippen molar-refractivity contribution in [2.45, 2.75) is 155 Å². The normalized spacial score (nSPS) is 19.9. The van der Waals surface area contributed by atoms with E-state index in [1.807, 2.05) is 107 Å². The van der Waals surface area contributed by atoms with E-state index in [1.54, 1.807) is 16.2 Å². The number of thiazole rings is 1. The highest BCUT2D eigenvalue weighted by Crippen LogP contribution is 2.40. The zero-order valence-corrected chi connectivity index (χ0v) is 43.2. The summed E-state index contributed by atoms with van der Waals surface area (Å²) in [5.74, 6) is -2.01. The number of nitrogens with one attached hydrogen (secondary N) is 1. The number of aryl methyl sites for hydroxylation is 4. The highest BCUT2D eigenvalue weighted by molar-refractivity contribution is 7.13. The lowest BCUT2D eigenvalue weighted by atomic mass is 9.85. The van der Waals surface area contributed by atoms with Gasteiger partial charge in [-0.15, -0.1) is 11.3 Å². The molecular weight excluding hydrogens is 933 g/mol. The first-order valence-corrected chi connectivity index (χ1v) is 26.3. The van der Waals surface area contributed by atoms with Gasteiger partial charge in [-0.2, -0.15) is 0 Å². The minimum absolute atomic E-state index is 0.0227. The lowest BCUT2D eigenvalue weighted by Gasteiger charge is -2.35. The number of nitrogens with two attached hydrogens (primary N) is 2. The Balaban J connectivity index is 0.823. The summed E-state index contributed by atoms with van der Waals surface area (Å²) in [5, 5.41) is 13.5. The second kappa shape index (κ2) is 24.4. The Morgan fingerprint density at radius 2 is 1.61 bits per heavy atom. The molecule has 6 N–H and O–H groups in total. The van der Waals surface area contributed by atoms with Crippen LogP contribution < -0.4 is 21.7 Å². The molecule has 3 aliphatic heterocycles. The predicted octanol–water partition coefficient (Wildman–Crippen LogP) is 6.13. The molecule has 0 radical (unpaired) electrons. The summed E-state index contributed by atoms with van der Waals surface area (Å²) in [6.07, 6.45) is 4.26. The van der Waals surface area contributed by atoms with Crippen molar-refractivity contribution in [2.75, 3.05) is 24.7 Å². The number of carbonyl (C=O) groups excluding carboxylic acids is 6. The van der Waals surface area contributed by atoms with E-state index in [2.05, 4.69) is 10.3 Å². The van der Waals surface area contributed by atoms with Crippen LogP contribution in [0.5, 0.6) is 0 Å². The average Bonchev–Trinajstić information content (AvgIpc) is 4.07.